The second-order valence-corrected chi connectivity index (χ2v) is 4.44. The number of aliphatic hydroxyl groups excluding tert-OH is 2. The summed E-state index contributed by atoms with van der Waals surface area (Å²) in [6, 6.07) is 0. The maximum absolute atomic E-state index is 10.0. The first-order chi connectivity index (χ1) is 9.63. The lowest BCUT2D eigenvalue weighted by atomic mass is 10.1. The lowest BCUT2D eigenvalue weighted by molar-refractivity contribution is -0.0230. The van der Waals surface area contributed by atoms with Gasteiger partial charge in [-0.15, -0.1) is 0 Å². The molecule has 1 saturated heterocycles. The predicted octanol–water partition coefficient (Wildman–Crippen LogP) is -0.773. The Kier molecular flexibility index (Phi) is 3.19. The van der Waals surface area contributed by atoms with Crippen LogP contribution in [0.25, 0.3) is 11.2 Å². The van der Waals surface area contributed by atoms with Crippen molar-refractivity contribution in [2.45, 2.75) is 24.5 Å². The van der Waals surface area contributed by atoms with Crippen molar-refractivity contribution in [1.82, 2.24) is 19.5 Å². The van der Waals surface area contributed by atoms with Gasteiger partial charge in [0.1, 0.15) is 24.1 Å². The van der Waals surface area contributed by atoms with Gasteiger partial charge < -0.3 is 20.7 Å². The van der Waals surface area contributed by atoms with Crippen LogP contribution in [0.4, 0.5) is 5.82 Å². The molecule has 1 unspecified atom stereocenters. The van der Waals surface area contributed by atoms with Crippen molar-refractivity contribution in [3.05, 3.63) is 12.7 Å². The third kappa shape index (κ3) is 1.88. The van der Waals surface area contributed by atoms with E-state index in [1.54, 1.807) is 0 Å². The standard InChI is InChI=1S/C11H10ClN5O3/c12-2-1-5-7(18)8(19)11(20-5)17-4-16-6-9(13)14-3-15-10(6)17/h3-5,7-8,11,18-19H,(H2,13,14,15)/t5-,7-,8-,11?/m1/s1. The number of nitrogen functional groups attached to an aromatic ring is 1. The van der Waals surface area contributed by atoms with Crippen LogP contribution >= 0.6 is 11.6 Å². The molecule has 4 atom stereocenters. The number of hydrogen-bond acceptors (Lipinski definition) is 7. The van der Waals surface area contributed by atoms with Crippen molar-refractivity contribution in [1.29, 1.82) is 0 Å². The molecule has 0 amide bonds. The highest BCUT2D eigenvalue weighted by Crippen LogP contribution is 2.31. The zero-order valence-corrected chi connectivity index (χ0v) is 10.8. The Hall–Kier alpha value is -1.92. The quantitative estimate of drug-likeness (QED) is 0.591. The van der Waals surface area contributed by atoms with Crippen molar-refractivity contribution in [2.75, 3.05) is 5.73 Å². The summed E-state index contributed by atoms with van der Waals surface area (Å²) >= 11 is 5.29. The molecule has 20 heavy (non-hydrogen) atoms. The SMILES string of the molecule is Nc1ncnc2c1ncn2C1O[C@H](C#CCl)[C@@H](O)[C@H]1O. The van der Waals surface area contributed by atoms with Gasteiger partial charge in [-0.3, -0.25) is 4.57 Å². The van der Waals surface area contributed by atoms with E-state index in [0.29, 0.717) is 11.2 Å². The minimum atomic E-state index is -1.19. The number of halogens is 1. The molecule has 0 bridgehead atoms. The summed E-state index contributed by atoms with van der Waals surface area (Å²) in [7, 11) is 0. The van der Waals surface area contributed by atoms with Crippen LogP contribution < -0.4 is 5.73 Å². The van der Waals surface area contributed by atoms with Crippen molar-refractivity contribution in [3.8, 4) is 11.3 Å². The third-order valence-corrected chi connectivity index (χ3v) is 3.21. The predicted molar refractivity (Wildman–Crippen MR) is 69.3 cm³/mol. The van der Waals surface area contributed by atoms with Gasteiger partial charge in [0.2, 0.25) is 0 Å². The molecule has 104 valence electrons. The van der Waals surface area contributed by atoms with Crippen LogP contribution in [0.5, 0.6) is 0 Å². The third-order valence-electron chi connectivity index (χ3n) is 3.10. The Labute approximate surface area is 118 Å². The van der Waals surface area contributed by atoms with E-state index in [4.69, 9.17) is 22.1 Å². The van der Waals surface area contributed by atoms with Crippen LogP contribution in [-0.2, 0) is 4.74 Å². The lowest BCUT2D eigenvalue weighted by Gasteiger charge is -2.16. The Morgan fingerprint density at radius 1 is 1.30 bits per heavy atom. The van der Waals surface area contributed by atoms with Crippen molar-refractivity contribution in [3.63, 3.8) is 0 Å². The molecular formula is C11H10ClN5O3. The number of fused-ring (bicyclic) bond motifs is 1. The number of nitrogens with two attached hydrogens (primary N) is 1. The fourth-order valence-electron chi connectivity index (χ4n) is 2.12. The second-order valence-electron chi connectivity index (χ2n) is 4.25. The van der Waals surface area contributed by atoms with Gasteiger partial charge in [0, 0.05) is 5.38 Å². The number of ether oxygens (including phenoxy) is 1. The van der Waals surface area contributed by atoms with Gasteiger partial charge in [-0.05, 0) is 11.6 Å². The Balaban J connectivity index is 2.03. The van der Waals surface area contributed by atoms with Crippen molar-refractivity contribution in [2.24, 2.45) is 0 Å². The molecule has 0 spiro atoms. The lowest BCUT2D eigenvalue weighted by Crippen LogP contribution is -2.30. The van der Waals surface area contributed by atoms with Crippen LogP contribution in [0, 0.1) is 11.3 Å². The molecule has 8 nitrogen and oxygen atoms in total. The number of imidazole rings is 1. The highest BCUT2D eigenvalue weighted by Gasteiger charge is 2.43. The van der Waals surface area contributed by atoms with Gasteiger partial charge in [-0.25, -0.2) is 15.0 Å². The van der Waals surface area contributed by atoms with Crippen LogP contribution in [0.3, 0.4) is 0 Å². The summed E-state index contributed by atoms with van der Waals surface area (Å²) in [5.74, 6) is 2.69. The first-order valence-electron chi connectivity index (χ1n) is 5.69. The molecule has 4 N–H and O–H groups in total. The average Bonchev–Trinajstić information content (AvgIpc) is 2.97. The molecule has 9 heteroatoms. The number of rotatable bonds is 1. The van der Waals surface area contributed by atoms with E-state index in [9.17, 15) is 10.2 Å². The second kappa shape index (κ2) is 4.88. The zero-order chi connectivity index (χ0) is 14.3. The molecule has 3 heterocycles. The molecule has 3 rings (SSSR count). The Bertz CT molecular complexity index is 709. The summed E-state index contributed by atoms with van der Waals surface area (Å²) in [6.45, 7) is 0. The smallest absolute Gasteiger partial charge is 0.167 e. The van der Waals surface area contributed by atoms with Crippen LogP contribution in [0.1, 0.15) is 6.23 Å². The monoisotopic (exact) mass is 295 g/mol. The van der Waals surface area contributed by atoms with E-state index in [-0.39, 0.29) is 5.82 Å². The number of hydrogen-bond donors (Lipinski definition) is 3. The molecule has 1 fully saturated rings. The summed E-state index contributed by atoms with van der Waals surface area (Å²) in [4.78, 5) is 11.9. The van der Waals surface area contributed by atoms with Crippen LogP contribution in [-0.4, -0.2) is 48.0 Å². The van der Waals surface area contributed by atoms with Gasteiger partial charge in [-0.2, -0.15) is 0 Å². The van der Waals surface area contributed by atoms with E-state index < -0.39 is 24.5 Å². The van der Waals surface area contributed by atoms with Gasteiger partial charge in [0.25, 0.3) is 0 Å². The van der Waals surface area contributed by atoms with Gasteiger partial charge in [0.15, 0.2) is 23.8 Å². The maximum atomic E-state index is 10.0. The molecule has 2 aromatic heterocycles. The molecule has 0 aromatic carbocycles. The fraction of sp³-hybridized carbons (Fsp3) is 0.364. The van der Waals surface area contributed by atoms with E-state index in [1.165, 1.54) is 17.2 Å². The number of nitrogens with zero attached hydrogens (tertiary/aromatic N) is 4. The highest BCUT2D eigenvalue weighted by atomic mass is 35.5. The maximum Gasteiger partial charge on any atom is 0.167 e. The molecule has 1 aliphatic rings. The van der Waals surface area contributed by atoms with Gasteiger partial charge in [-0.1, -0.05) is 5.92 Å². The van der Waals surface area contributed by atoms with Gasteiger partial charge in [0.05, 0.1) is 6.33 Å². The van der Waals surface area contributed by atoms with Crippen molar-refractivity contribution >= 4 is 28.6 Å². The molecule has 1 aliphatic heterocycles. The molecular weight excluding hydrogens is 286 g/mol. The normalized spacial score (nSPS) is 29.4. The zero-order valence-electron chi connectivity index (χ0n) is 10.0. The summed E-state index contributed by atoms with van der Waals surface area (Å²) in [5, 5.41) is 22.0. The highest BCUT2D eigenvalue weighted by molar-refractivity contribution is 6.30. The summed E-state index contributed by atoms with van der Waals surface area (Å²) in [5.41, 5.74) is 6.48. The fourth-order valence-corrected chi connectivity index (χ4v) is 2.23. The van der Waals surface area contributed by atoms with E-state index in [2.05, 4.69) is 26.3 Å². The van der Waals surface area contributed by atoms with E-state index in [0.717, 1.165) is 0 Å². The molecule has 0 aliphatic carbocycles. The number of aliphatic hydroxyl groups is 2. The summed E-state index contributed by atoms with van der Waals surface area (Å²) in [6.07, 6.45) is -1.44. The van der Waals surface area contributed by atoms with E-state index >= 15 is 0 Å². The number of aromatic nitrogens is 4. The first kappa shape index (κ1) is 13.1. The average molecular weight is 296 g/mol. The number of anilines is 1. The van der Waals surface area contributed by atoms with Crippen LogP contribution in [0.15, 0.2) is 12.7 Å². The minimum absolute atomic E-state index is 0.221. The Morgan fingerprint density at radius 2 is 2.10 bits per heavy atom. The first-order valence-corrected chi connectivity index (χ1v) is 6.07. The van der Waals surface area contributed by atoms with Gasteiger partial charge >= 0.3 is 0 Å². The van der Waals surface area contributed by atoms with Crippen molar-refractivity contribution < 1.29 is 14.9 Å². The summed E-state index contributed by atoms with van der Waals surface area (Å²) < 4.78 is 6.95. The molecule has 2 aromatic rings. The van der Waals surface area contributed by atoms with E-state index in [1.807, 2.05) is 0 Å². The Morgan fingerprint density at radius 3 is 2.85 bits per heavy atom. The largest absolute Gasteiger partial charge is 0.386 e. The molecule has 0 saturated carbocycles. The van der Waals surface area contributed by atoms with Crippen LogP contribution in [0.2, 0.25) is 0 Å². The topological polar surface area (TPSA) is 119 Å². The minimum Gasteiger partial charge on any atom is -0.386 e. The molecule has 0 radical (unpaired) electrons.